The average Bonchev–Trinajstić information content (AvgIpc) is 2.27. The van der Waals surface area contributed by atoms with E-state index in [4.69, 9.17) is 16.7 Å². The van der Waals surface area contributed by atoms with Crippen molar-refractivity contribution in [1.29, 1.82) is 0 Å². The molecule has 0 amide bonds. The molecule has 0 spiro atoms. The Morgan fingerprint density at radius 2 is 2.28 bits per heavy atom. The number of hydrogen-bond acceptors (Lipinski definition) is 4. The highest BCUT2D eigenvalue weighted by atomic mass is 35.5. The van der Waals surface area contributed by atoms with Gasteiger partial charge in [-0.2, -0.15) is 0 Å². The second-order valence-corrected chi connectivity index (χ2v) is 6.68. The molecule has 1 aromatic heterocycles. The number of pyridine rings is 1. The van der Waals surface area contributed by atoms with Gasteiger partial charge in [-0.05, 0) is 24.8 Å². The predicted octanol–water partition coefficient (Wildman–Crippen LogP) is 1.62. The first kappa shape index (κ1) is 13.6. The summed E-state index contributed by atoms with van der Waals surface area (Å²) in [4.78, 5) is 6.10. The molecule has 1 aliphatic heterocycles. The molecule has 2 rings (SSSR count). The fraction of sp³-hybridized carbons (Fsp3) is 0.545. The SMILES string of the molecule is CC1CCCN(c2ncc(Cl)cc2S(N)(=O)=O)C1. The lowest BCUT2D eigenvalue weighted by Gasteiger charge is -2.32. The molecule has 100 valence electrons. The molecule has 7 heteroatoms. The van der Waals surface area contributed by atoms with Crippen LogP contribution in [0, 0.1) is 5.92 Å². The number of primary sulfonamides is 1. The van der Waals surface area contributed by atoms with E-state index in [0.29, 0.717) is 11.7 Å². The normalized spacial score (nSPS) is 21.1. The summed E-state index contributed by atoms with van der Waals surface area (Å²) in [5.41, 5.74) is 0. The van der Waals surface area contributed by atoms with Crippen LogP contribution in [0.2, 0.25) is 5.02 Å². The zero-order valence-electron chi connectivity index (χ0n) is 10.1. The third-order valence-corrected chi connectivity index (χ3v) is 4.18. The van der Waals surface area contributed by atoms with Crippen LogP contribution in [-0.4, -0.2) is 26.5 Å². The van der Waals surface area contributed by atoms with Gasteiger partial charge in [-0.1, -0.05) is 18.5 Å². The lowest BCUT2D eigenvalue weighted by atomic mass is 10.0. The number of hydrogen-bond donors (Lipinski definition) is 1. The van der Waals surface area contributed by atoms with Crippen LogP contribution in [-0.2, 0) is 10.0 Å². The smallest absolute Gasteiger partial charge is 0.241 e. The average molecular weight is 290 g/mol. The number of sulfonamides is 1. The van der Waals surface area contributed by atoms with Gasteiger partial charge in [0.25, 0.3) is 0 Å². The Morgan fingerprint density at radius 1 is 1.56 bits per heavy atom. The van der Waals surface area contributed by atoms with Crippen molar-refractivity contribution in [2.75, 3.05) is 18.0 Å². The van der Waals surface area contributed by atoms with E-state index < -0.39 is 10.0 Å². The number of rotatable bonds is 2. The summed E-state index contributed by atoms with van der Waals surface area (Å²) in [6, 6.07) is 1.36. The van der Waals surface area contributed by atoms with Crippen molar-refractivity contribution in [3.63, 3.8) is 0 Å². The molecular weight excluding hydrogens is 274 g/mol. The third-order valence-electron chi connectivity index (χ3n) is 3.06. The van der Waals surface area contributed by atoms with Crippen LogP contribution < -0.4 is 10.0 Å². The van der Waals surface area contributed by atoms with Gasteiger partial charge in [0.15, 0.2) is 0 Å². The summed E-state index contributed by atoms with van der Waals surface area (Å²) in [7, 11) is -3.81. The van der Waals surface area contributed by atoms with Gasteiger partial charge in [-0.15, -0.1) is 0 Å². The monoisotopic (exact) mass is 289 g/mol. The zero-order chi connectivity index (χ0) is 13.3. The summed E-state index contributed by atoms with van der Waals surface area (Å²) >= 11 is 5.79. The number of anilines is 1. The summed E-state index contributed by atoms with van der Waals surface area (Å²) in [6.07, 6.45) is 3.62. The van der Waals surface area contributed by atoms with E-state index in [1.54, 1.807) is 0 Å². The molecule has 1 aromatic rings. The molecule has 2 heterocycles. The van der Waals surface area contributed by atoms with Gasteiger partial charge in [0.1, 0.15) is 10.7 Å². The predicted molar refractivity (Wildman–Crippen MR) is 71.2 cm³/mol. The first-order chi connectivity index (χ1) is 8.38. The molecule has 0 aliphatic carbocycles. The largest absolute Gasteiger partial charge is 0.355 e. The Balaban J connectivity index is 2.44. The number of halogens is 1. The van der Waals surface area contributed by atoms with E-state index in [1.807, 2.05) is 4.90 Å². The molecule has 1 aliphatic rings. The van der Waals surface area contributed by atoms with Crippen LogP contribution in [0.4, 0.5) is 5.82 Å². The third kappa shape index (κ3) is 2.93. The standard InChI is InChI=1S/C11H16ClN3O2S/c1-8-3-2-4-15(7-8)11-10(18(13,16)17)5-9(12)6-14-11/h5-6,8H,2-4,7H2,1H3,(H2,13,16,17). The van der Waals surface area contributed by atoms with Crippen LogP contribution in [0.3, 0.4) is 0 Å². The molecule has 5 nitrogen and oxygen atoms in total. The Labute approximate surface area is 112 Å². The van der Waals surface area contributed by atoms with Crippen molar-refractivity contribution in [1.82, 2.24) is 4.98 Å². The van der Waals surface area contributed by atoms with Crippen LogP contribution in [0.25, 0.3) is 0 Å². The maximum absolute atomic E-state index is 11.6. The van der Waals surface area contributed by atoms with Gasteiger partial charge in [0, 0.05) is 19.3 Å². The van der Waals surface area contributed by atoms with E-state index >= 15 is 0 Å². The fourth-order valence-corrected chi connectivity index (χ4v) is 3.19. The highest BCUT2D eigenvalue weighted by Gasteiger charge is 2.24. The minimum atomic E-state index is -3.81. The molecule has 0 radical (unpaired) electrons. The Morgan fingerprint density at radius 3 is 2.89 bits per heavy atom. The quantitative estimate of drug-likeness (QED) is 0.897. The summed E-state index contributed by atoms with van der Waals surface area (Å²) in [5, 5.41) is 5.49. The minimum Gasteiger partial charge on any atom is -0.355 e. The summed E-state index contributed by atoms with van der Waals surface area (Å²) in [5.74, 6) is 0.929. The van der Waals surface area contributed by atoms with Crippen LogP contribution in [0.5, 0.6) is 0 Å². The highest BCUT2D eigenvalue weighted by Crippen LogP contribution is 2.28. The molecule has 2 N–H and O–H groups in total. The highest BCUT2D eigenvalue weighted by molar-refractivity contribution is 7.89. The summed E-state index contributed by atoms with van der Waals surface area (Å²) < 4.78 is 23.2. The number of nitrogens with two attached hydrogens (primary N) is 1. The van der Waals surface area contributed by atoms with Crippen molar-refractivity contribution >= 4 is 27.4 Å². The fourth-order valence-electron chi connectivity index (χ4n) is 2.24. The maximum atomic E-state index is 11.6. The summed E-state index contributed by atoms with van der Waals surface area (Å²) in [6.45, 7) is 3.72. The number of nitrogens with zero attached hydrogens (tertiary/aromatic N) is 2. The molecule has 1 saturated heterocycles. The lowest BCUT2D eigenvalue weighted by Crippen LogP contribution is -2.36. The van der Waals surface area contributed by atoms with Crippen molar-refractivity contribution in [2.24, 2.45) is 11.1 Å². The first-order valence-corrected chi connectivity index (χ1v) is 7.73. The van der Waals surface area contributed by atoms with Gasteiger partial charge in [0.05, 0.1) is 5.02 Å². The van der Waals surface area contributed by atoms with Gasteiger partial charge in [-0.3, -0.25) is 0 Å². The lowest BCUT2D eigenvalue weighted by molar-refractivity contribution is 0.442. The molecule has 1 atom stereocenters. The van der Waals surface area contributed by atoms with Crippen LogP contribution in [0.15, 0.2) is 17.2 Å². The van der Waals surface area contributed by atoms with E-state index in [9.17, 15) is 8.42 Å². The minimum absolute atomic E-state index is 0.00380. The topological polar surface area (TPSA) is 76.3 Å². The zero-order valence-corrected chi connectivity index (χ0v) is 11.7. The number of piperidine rings is 1. The molecule has 0 bridgehead atoms. The molecule has 0 aromatic carbocycles. The first-order valence-electron chi connectivity index (χ1n) is 5.81. The number of aromatic nitrogens is 1. The molecule has 1 fully saturated rings. The Bertz CT molecular complexity index is 547. The van der Waals surface area contributed by atoms with Crippen LogP contribution >= 0.6 is 11.6 Å². The second kappa shape index (κ2) is 5.03. The Kier molecular flexibility index (Phi) is 3.79. The van der Waals surface area contributed by atoms with Crippen molar-refractivity contribution < 1.29 is 8.42 Å². The van der Waals surface area contributed by atoms with Crippen LogP contribution in [0.1, 0.15) is 19.8 Å². The van der Waals surface area contributed by atoms with Crippen molar-refractivity contribution in [2.45, 2.75) is 24.7 Å². The molecule has 18 heavy (non-hydrogen) atoms. The second-order valence-electron chi connectivity index (χ2n) is 4.71. The Hall–Kier alpha value is -0.850. The van der Waals surface area contributed by atoms with Crippen molar-refractivity contribution in [3.05, 3.63) is 17.3 Å². The van der Waals surface area contributed by atoms with E-state index in [1.165, 1.54) is 12.3 Å². The van der Waals surface area contributed by atoms with E-state index in [0.717, 1.165) is 25.9 Å². The van der Waals surface area contributed by atoms with Crippen molar-refractivity contribution in [3.8, 4) is 0 Å². The van der Waals surface area contributed by atoms with Gasteiger partial charge in [0.2, 0.25) is 10.0 Å². The van der Waals surface area contributed by atoms with Gasteiger partial charge >= 0.3 is 0 Å². The maximum Gasteiger partial charge on any atom is 0.241 e. The molecule has 1 unspecified atom stereocenters. The van der Waals surface area contributed by atoms with E-state index in [-0.39, 0.29) is 9.92 Å². The molecule has 0 saturated carbocycles. The van der Waals surface area contributed by atoms with E-state index in [2.05, 4.69) is 11.9 Å². The van der Waals surface area contributed by atoms with Gasteiger partial charge < -0.3 is 4.90 Å². The van der Waals surface area contributed by atoms with Gasteiger partial charge in [-0.25, -0.2) is 18.5 Å². The molecular formula is C11H16ClN3O2S.